The number of amides is 2. The Morgan fingerprint density at radius 1 is 1.50 bits per heavy atom. The van der Waals surface area contributed by atoms with Crippen LogP contribution in [0.15, 0.2) is 18.3 Å². The predicted molar refractivity (Wildman–Crippen MR) is 76.5 cm³/mol. The normalized spacial score (nSPS) is 17.6. The van der Waals surface area contributed by atoms with E-state index in [9.17, 15) is 9.59 Å². The molecule has 0 bridgehead atoms. The average molecular weight is 276 g/mol. The molecule has 0 aromatic carbocycles. The van der Waals surface area contributed by atoms with Gasteiger partial charge in [-0.15, -0.1) is 0 Å². The van der Waals surface area contributed by atoms with Gasteiger partial charge < -0.3 is 15.5 Å². The van der Waals surface area contributed by atoms with Crippen LogP contribution >= 0.6 is 0 Å². The van der Waals surface area contributed by atoms with E-state index in [0.717, 1.165) is 12.4 Å². The Morgan fingerprint density at radius 2 is 2.25 bits per heavy atom. The van der Waals surface area contributed by atoms with Crippen LogP contribution in [0, 0.1) is 0 Å². The van der Waals surface area contributed by atoms with Crippen molar-refractivity contribution in [1.82, 2.24) is 15.2 Å². The van der Waals surface area contributed by atoms with Crippen molar-refractivity contribution >= 4 is 17.6 Å². The van der Waals surface area contributed by atoms with Gasteiger partial charge in [0, 0.05) is 25.8 Å². The molecule has 1 aromatic rings. The van der Waals surface area contributed by atoms with E-state index in [2.05, 4.69) is 15.6 Å². The van der Waals surface area contributed by atoms with Crippen LogP contribution in [0.3, 0.4) is 0 Å². The summed E-state index contributed by atoms with van der Waals surface area (Å²) >= 11 is 0. The molecule has 1 saturated heterocycles. The smallest absolute Gasteiger partial charge is 0.256 e. The number of nitrogens with one attached hydrogen (secondary N) is 2. The minimum atomic E-state index is -0.838. The molecule has 6 heteroatoms. The average Bonchev–Trinajstić information content (AvgIpc) is 2.42. The Labute approximate surface area is 118 Å². The Bertz CT molecular complexity index is 510. The summed E-state index contributed by atoms with van der Waals surface area (Å²) in [4.78, 5) is 30.2. The Hall–Kier alpha value is -2.11. The lowest BCUT2D eigenvalue weighted by atomic mass is 9.98. The highest BCUT2D eigenvalue weighted by atomic mass is 16.2. The van der Waals surface area contributed by atoms with E-state index in [1.54, 1.807) is 37.1 Å². The molecule has 0 atom stereocenters. The van der Waals surface area contributed by atoms with Gasteiger partial charge in [0.2, 0.25) is 5.91 Å². The maximum absolute atomic E-state index is 12.5. The Morgan fingerprint density at radius 3 is 2.85 bits per heavy atom. The first-order chi connectivity index (χ1) is 9.46. The topological polar surface area (TPSA) is 74.3 Å². The van der Waals surface area contributed by atoms with Crippen molar-refractivity contribution in [2.75, 3.05) is 25.0 Å². The van der Waals surface area contributed by atoms with Crippen LogP contribution in [-0.4, -0.2) is 46.9 Å². The third kappa shape index (κ3) is 2.59. The number of carbonyl (C=O) groups is 2. The van der Waals surface area contributed by atoms with Crippen molar-refractivity contribution < 1.29 is 9.59 Å². The van der Waals surface area contributed by atoms with Crippen LogP contribution < -0.4 is 10.6 Å². The number of hydrogen-bond donors (Lipinski definition) is 2. The molecule has 1 fully saturated rings. The van der Waals surface area contributed by atoms with Crippen molar-refractivity contribution in [3.8, 4) is 0 Å². The molecule has 1 aliphatic rings. The van der Waals surface area contributed by atoms with Gasteiger partial charge in [-0.05, 0) is 32.9 Å². The number of nitrogens with zero attached hydrogens (tertiary/aromatic N) is 2. The molecule has 1 aromatic heterocycles. The number of anilines is 1. The first-order valence-electron chi connectivity index (χ1n) is 6.77. The van der Waals surface area contributed by atoms with E-state index < -0.39 is 5.54 Å². The summed E-state index contributed by atoms with van der Waals surface area (Å²) in [6, 6.07) is 3.50. The van der Waals surface area contributed by atoms with Crippen molar-refractivity contribution in [1.29, 1.82) is 0 Å². The van der Waals surface area contributed by atoms with Gasteiger partial charge in [0.15, 0.2) is 0 Å². The largest absolute Gasteiger partial charge is 0.370 e. The van der Waals surface area contributed by atoms with Gasteiger partial charge in [-0.2, -0.15) is 0 Å². The SMILES string of the molecule is CCNc1ccc(C(=O)N2CCNC(=O)C2(C)C)cn1. The molecule has 2 N–H and O–H groups in total. The first kappa shape index (κ1) is 14.3. The van der Waals surface area contributed by atoms with Crippen LogP contribution in [0.2, 0.25) is 0 Å². The minimum absolute atomic E-state index is 0.130. The Kier molecular flexibility index (Phi) is 3.92. The van der Waals surface area contributed by atoms with Gasteiger partial charge in [-0.1, -0.05) is 0 Å². The van der Waals surface area contributed by atoms with Gasteiger partial charge in [0.25, 0.3) is 5.91 Å². The molecule has 0 unspecified atom stereocenters. The molecule has 0 spiro atoms. The van der Waals surface area contributed by atoms with E-state index >= 15 is 0 Å². The number of pyridine rings is 1. The fourth-order valence-corrected chi connectivity index (χ4v) is 2.22. The van der Waals surface area contributed by atoms with Gasteiger partial charge in [-0.3, -0.25) is 9.59 Å². The van der Waals surface area contributed by atoms with E-state index in [0.29, 0.717) is 18.7 Å². The highest BCUT2D eigenvalue weighted by Crippen LogP contribution is 2.20. The van der Waals surface area contributed by atoms with Crippen LogP contribution in [0.4, 0.5) is 5.82 Å². The van der Waals surface area contributed by atoms with E-state index in [1.165, 1.54) is 0 Å². The number of carbonyl (C=O) groups excluding carboxylic acids is 2. The van der Waals surface area contributed by atoms with Crippen LogP contribution in [0.5, 0.6) is 0 Å². The summed E-state index contributed by atoms with van der Waals surface area (Å²) in [6.07, 6.45) is 1.54. The zero-order chi connectivity index (χ0) is 14.8. The van der Waals surface area contributed by atoms with Gasteiger partial charge in [-0.25, -0.2) is 4.98 Å². The summed E-state index contributed by atoms with van der Waals surface area (Å²) in [7, 11) is 0. The summed E-state index contributed by atoms with van der Waals surface area (Å²) in [5.41, 5.74) is -0.343. The highest BCUT2D eigenvalue weighted by molar-refractivity contribution is 5.99. The molecule has 6 nitrogen and oxygen atoms in total. The fraction of sp³-hybridized carbons (Fsp3) is 0.500. The molecule has 1 aliphatic heterocycles. The lowest BCUT2D eigenvalue weighted by Crippen LogP contribution is -2.63. The molecular formula is C14H20N4O2. The first-order valence-corrected chi connectivity index (χ1v) is 6.77. The highest BCUT2D eigenvalue weighted by Gasteiger charge is 2.40. The lowest BCUT2D eigenvalue weighted by molar-refractivity contribution is -0.133. The summed E-state index contributed by atoms with van der Waals surface area (Å²) < 4.78 is 0. The maximum atomic E-state index is 12.5. The van der Waals surface area contributed by atoms with Crippen molar-refractivity contribution in [2.45, 2.75) is 26.3 Å². The molecular weight excluding hydrogens is 256 g/mol. The van der Waals surface area contributed by atoms with Gasteiger partial charge in [0.1, 0.15) is 11.4 Å². The Balaban J connectivity index is 2.20. The van der Waals surface area contributed by atoms with Crippen LogP contribution in [-0.2, 0) is 4.79 Å². The molecule has 2 heterocycles. The zero-order valence-corrected chi connectivity index (χ0v) is 12.1. The third-order valence-electron chi connectivity index (χ3n) is 3.46. The molecule has 2 amide bonds. The predicted octanol–water partition coefficient (Wildman–Crippen LogP) is 0.864. The second kappa shape index (κ2) is 5.48. The van der Waals surface area contributed by atoms with Gasteiger partial charge in [0.05, 0.1) is 5.56 Å². The van der Waals surface area contributed by atoms with Crippen LogP contribution in [0.25, 0.3) is 0 Å². The van der Waals surface area contributed by atoms with E-state index in [1.807, 2.05) is 6.92 Å². The summed E-state index contributed by atoms with van der Waals surface area (Å²) in [5.74, 6) is 0.439. The van der Waals surface area contributed by atoms with Gasteiger partial charge >= 0.3 is 0 Å². The second-order valence-corrected chi connectivity index (χ2v) is 5.23. The molecule has 2 rings (SSSR count). The summed E-state index contributed by atoms with van der Waals surface area (Å²) in [5, 5.41) is 5.85. The maximum Gasteiger partial charge on any atom is 0.256 e. The number of hydrogen-bond acceptors (Lipinski definition) is 4. The van der Waals surface area contributed by atoms with E-state index in [-0.39, 0.29) is 11.8 Å². The molecule has 0 aliphatic carbocycles. The zero-order valence-electron chi connectivity index (χ0n) is 12.1. The number of rotatable bonds is 3. The minimum Gasteiger partial charge on any atom is -0.370 e. The monoisotopic (exact) mass is 276 g/mol. The summed E-state index contributed by atoms with van der Waals surface area (Å²) in [6.45, 7) is 7.25. The fourth-order valence-electron chi connectivity index (χ4n) is 2.22. The second-order valence-electron chi connectivity index (χ2n) is 5.23. The lowest BCUT2D eigenvalue weighted by Gasteiger charge is -2.41. The quantitative estimate of drug-likeness (QED) is 0.859. The van der Waals surface area contributed by atoms with E-state index in [4.69, 9.17) is 0 Å². The number of piperazine rings is 1. The molecule has 0 radical (unpaired) electrons. The molecule has 20 heavy (non-hydrogen) atoms. The number of aromatic nitrogens is 1. The van der Waals surface area contributed by atoms with Crippen molar-refractivity contribution in [3.05, 3.63) is 23.9 Å². The third-order valence-corrected chi connectivity index (χ3v) is 3.46. The molecule has 108 valence electrons. The van der Waals surface area contributed by atoms with Crippen molar-refractivity contribution in [3.63, 3.8) is 0 Å². The standard InChI is InChI=1S/C14H20N4O2/c1-4-15-11-6-5-10(9-17-11)12(19)18-8-7-16-13(20)14(18,2)3/h5-6,9H,4,7-8H2,1-3H3,(H,15,17)(H,16,20). The molecule has 0 saturated carbocycles. The van der Waals surface area contributed by atoms with Crippen molar-refractivity contribution in [2.24, 2.45) is 0 Å². The van der Waals surface area contributed by atoms with Crippen LogP contribution in [0.1, 0.15) is 31.1 Å².